The van der Waals surface area contributed by atoms with Crippen LogP contribution in [0.15, 0.2) is 35.7 Å². The summed E-state index contributed by atoms with van der Waals surface area (Å²) in [7, 11) is 0. The van der Waals surface area contributed by atoms with Gasteiger partial charge in [-0.3, -0.25) is 11.3 Å². The molecule has 0 saturated carbocycles. The molecule has 90 valence electrons. The van der Waals surface area contributed by atoms with E-state index in [0.717, 1.165) is 10.9 Å². The number of hydrogen-bond acceptors (Lipinski definition) is 3. The van der Waals surface area contributed by atoms with E-state index < -0.39 is 11.6 Å². The molecule has 0 aliphatic rings. The van der Waals surface area contributed by atoms with E-state index in [1.54, 1.807) is 11.3 Å². The van der Waals surface area contributed by atoms with Crippen LogP contribution in [0.4, 0.5) is 8.78 Å². The van der Waals surface area contributed by atoms with Crippen LogP contribution in [0.25, 0.3) is 0 Å². The van der Waals surface area contributed by atoms with Gasteiger partial charge in [0, 0.05) is 22.9 Å². The van der Waals surface area contributed by atoms with Crippen molar-refractivity contribution in [2.45, 2.75) is 12.5 Å². The molecule has 0 spiro atoms. The van der Waals surface area contributed by atoms with Crippen molar-refractivity contribution < 1.29 is 8.78 Å². The highest BCUT2D eigenvalue weighted by Crippen LogP contribution is 2.23. The standard InChI is InChI=1S/C12H12F2N2S/c13-8-3-4-10(11(14)6-8)12(16-15)7-9-2-1-5-17-9/h1-6,12,16H,7,15H2. The summed E-state index contributed by atoms with van der Waals surface area (Å²) in [5.41, 5.74) is 2.94. The Morgan fingerprint density at radius 3 is 2.71 bits per heavy atom. The topological polar surface area (TPSA) is 38.0 Å². The third kappa shape index (κ3) is 2.88. The van der Waals surface area contributed by atoms with Gasteiger partial charge in [0.05, 0.1) is 6.04 Å². The van der Waals surface area contributed by atoms with Gasteiger partial charge in [-0.1, -0.05) is 12.1 Å². The summed E-state index contributed by atoms with van der Waals surface area (Å²) in [6, 6.07) is 7.05. The van der Waals surface area contributed by atoms with Crippen LogP contribution in [-0.2, 0) is 6.42 Å². The molecule has 1 atom stereocenters. The zero-order valence-electron chi connectivity index (χ0n) is 8.99. The minimum atomic E-state index is -0.585. The molecule has 1 heterocycles. The second-order valence-electron chi connectivity index (χ2n) is 3.67. The van der Waals surface area contributed by atoms with E-state index in [0.29, 0.717) is 12.0 Å². The maximum Gasteiger partial charge on any atom is 0.130 e. The molecule has 2 aromatic rings. The van der Waals surface area contributed by atoms with Crippen molar-refractivity contribution in [2.24, 2.45) is 5.84 Å². The van der Waals surface area contributed by atoms with Crippen LogP contribution in [0.5, 0.6) is 0 Å². The second-order valence-corrected chi connectivity index (χ2v) is 4.70. The molecule has 0 fully saturated rings. The fraction of sp³-hybridized carbons (Fsp3) is 0.167. The average Bonchev–Trinajstić information content (AvgIpc) is 2.79. The summed E-state index contributed by atoms with van der Waals surface area (Å²) in [6.07, 6.45) is 0.580. The first-order chi connectivity index (χ1) is 8.20. The van der Waals surface area contributed by atoms with Gasteiger partial charge in [0.25, 0.3) is 0 Å². The molecule has 2 rings (SSSR count). The average molecular weight is 254 g/mol. The van der Waals surface area contributed by atoms with Gasteiger partial charge in [0.1, 0.15) is 11.6 Å². The molecule has 5 heteroatoms. The molecule has 0 saturated heterocycles. The molecule has 17 heavy (non-hydrogen) atoms. The van der Waals surface area contributed by atoms with Gasteiger partial charge in [-0.05, 0) is 17.5 Å². The Balaban J connectivity index is 2.23. The molecular weight excluding hydrogens is 242 g/mol. The van der Waals surface area contributed by atoms with Gasteiger partial charge in [0.15, 0.2) is 0 Å². The summed E-state index contributed by atoms with van der Waals surface area (Å²) >= 11 is 1.58. The van der Waals surface area contributed by atoms with E-state index in [1.165, 1.54) is 12.1 Å². The molecule has 0 amide bonds. The second kappa shape index (κ2) is 5.35. The van der Waals surface area contributed by atoms with Crippen LogP contribution in [0.2, 0.25) is 0 Å². The maximum absolute atomic E-state index is 13.6. The van der Waals surface area contributed by atoms with Crippen LogP contribution in [0.1, 0.15) is 16.5 Å². The molecule has 0 radical (unpaired) electrons. The first kappa shape index (κ1) is 12.2. The Bertz CT molecular complexity index is 485. The Labute approximate surface area is 102 Å². The van der Waals surface area contributed by atoms with Crippen molar-refractivity contribution in [2.75, 3.05) is 0 Å². The largest absolute Gasteiger partial charge is 0.271 e. The maximum atomic E-state index is 13.6. The first-order valence-corrected chi connectivity index (χ1v) is 6.02. The van der Waals surface area contributed by atoms with E-state index in [9.17, 15) is 8.78 Å². The fourth-order valence-corrected chi connectivity index (χ4v) is 2.42. The van der Waals surface area contributed by atoms with Gasteiger partial charge >= 0.3 is 0 Å². The van der Waals surface area contributed by atoms with E-state index in [2.05, 4.69) is 5.43 Å². The fourth-order valence-electron chi connectivity index (χ4n) is 1.67. The van der Waals surface area contributed by atoms with Gasteiger partial charge in [0.2, 0.25) is 0 Å². The third-order valence-corrected chi connectivity index (χ3v) is 3.42. The summed E-state index contributed by atoms with van der Waals surface area (Å²) < 4.78 is 26.4. The van der Waals surface area contributed by atoms with E-state index in [4.69, 9.17) is 5.84 Å². The van der Waals surface area contributed by atoms with Crippen molar-refractivity contribution in [1.82, 2.24) is 5.43 Å². The number of rotatable bonds is 4. The number of nitrogens with two attached hydrogens (primary N) is 1. The highest BCUT2D eigenvalue weighted by Gasteiger charge is 2.15. The first-order valence-electron chi connectivity index (χ1n) is 5.14. The van der Waals surface area contributed by atoms with Crippen LogP contribution >= 0.6 is 11.3 Å². The lowest BCUT2D eigenvalue weighted by Gasteiger charge is -2.16. The van der Waals surface area contributed by atoms with Crippen molar-refractivity contribution in [1.29, 1.82) is 0 Å². The van der Waals surface area contributed by atoms with E-state index >= 15 is 0 Å². The van der Waals surface area contributed by atoms with Crippen LogP contribution in [0, 0.1) is 11.6 Å². The lowest BCUT2D eigenvalue weighted by atomic mass is 10.0. The minimum absolute atomic E-state index is 0.353. The SMILES string of the molecule is NNC(Cc1cccs1)c1ccc(F)cc1F. The number of hydrogen-bond donors (Lipinski definition) is 2. The monoisotopic (exact) mass is 254 g/mol. The molecule has 0 aliphatic carbocycles. The summed E-state index contributed by atoms with van der Waals surface area (Å²) in [4.78, 5) is 1.09. The number of benzene rings is 1. The van der Waals surface area contributed by atoms with Crippen LogP contribution in [-0.4, -0.2) is 0 Å². The number of nitrogens with one attached hydrogen (secondary N) is 1. The molecule has 1 unspecified atom stereocenters. The Morgan fingerprint density at radius 2 is 2.12 bits per heavy atom. The zero-order valence-corrected chi connectivity index (χ0v) is 9.81. The highest BCUT2D eigenvalue weighted by molar-refractivity contribution is 7.09. The third-order valence-electron chi connectivity index (χ3n) is 2.52. The summed E-state index contributed by atoms with van der Waals surface area (Å²) in [6.45, 7) is 0. The number of thiophene rings is 1. The van der Waals surface area contributed by atoms with Crippen molar-refractivity contribution in [3.05, 3.63) is 57.8 Å². The molecule has 1 aromatic carbocycles. The van der Waals surface area contributed by atoms with Crippen molar-refractivity contribution in [3.63, 3.8) is 0 Å². The predicted molar refractivity (Wildman–Crippen MR) is 64.4 cm³/mol. The van der Waals surface area contributed by atoms with Gasteiger partial charge in [-0.15, -0.1) is 11.3 Å². The number of hydrazine groups is 1. The molecule has 2 nitrogen and oxygen atoms in total. The van der Waals surface area contributed by atoms with Crippen molar-refractivity contribution >= 4 is 11.3 Å². The lowest BCUT2D eigenvalue weighted by molar-refractivity contribution is 0.504. The van der Waals surface area contributed by atoms with Crippen molar-refractivity contribution in [3.8, 4) is 0 Å². The van der Waals surface area contributed by atoms with E-state index in [-0.39, 0.29) is 6.04 Å². The quantitative estimate of drug-likeness (QED) is 0.650. The summed E-state index contributed by atoms with van der Waals surface area (Å²) in [5, 5.41) is 1.95. The van der Waals surface area contributed by atoms with Gasteiger partial charge < -0.3 is 0 Å². The Hall–Kier alpha value is -1.30. The van der Waals surface area contributed by atoms with E-state index in [1.807, 2.05) is 17.5 Å². The zero-order chi connectivity index (χ0) is 12.3. The minimum Gasteiger partial charge on any atom is -0.271 e. The van der Waals surface area contributed by atoms with Crippen LogP contribution in [0.3, 0.4) is 0 Å². The number of halogens is 2. The smallest absolute Gasteiger partial charge is 0.130 e. The predicted octanol–water partition coefficient (Wildman–Crippen LogP) is 2.77. The summed E-state index contributed by atoms with van der Waals surface area (Å²) in [5.74, 6) is 4.26. The lowest BCUT2D eigenvalue weighted by Crippen LogP contribution is -2.30. The molecular formula is C12H12F2N2S. The Kier molecular flexibility index (Phi) is 3.83. The molecule has 3 N–H and O–H groups in total. The van der Waals surface area contributed by atoms with Crippen LogP contribution < -0.4 is 11.3 Å². The highest BCUT2D eigenvalue weighted by atomic mass is 32.1. The Morgan fingerprint density at radius 1 is 1.29 bits per heavy atom. The molecule has 0 bridgehead atoms. The molecule has 0 aliphatic heterocycles. The van der Waals surface area contributed by atoms with Gasteiger partial charge in [-0.2, -0.15) is 0 Å². The molecule has 1 aromatic heterocycles. The van der Waals surface area contributed by atoms with Gasteiger partial charge in [-0.25, -0.2) is 8.78 Å². The normalized spacial score (nSPS) is 12.6.